The molecule has 1 unspecified atom stereocenters. The number of nitrogens with one attached hydrogen (secondary N) is 1. The summed E-state index contributed by atoms with van der Waals surface area (Å²) in [5.41, 5.74) is 5.48. The zero-order valence-electron chi connectivity index (χ0n) is 15.3. The van der Waals surface area contributed by atoms with Gasteiger partial charge in [0, 0.05) is 35.1 Å². The number of ether oxygens (including phenoxy) is 2. The standard InChI is InChI=1S/C20H20N2O5/c1-19(2)9-13-11(8-14(19)23)20(15(16(21)27-13)17(24)26-3)10-6-4-5-7-12(10)22-18(20)25/h4-7H,8-9,21H2,1-3H3,(H,22,25). The van der Waals surface area contributed by atoms with E-state index in [1.165, 1.54) is 7.11 Å². The summed E-state index contributed by atoms with van der Waals surface area (Å²) in [5, 5.41) is 2.82. The SMILES string of the molecule is COC(=O)C1=C(N)OC2=C(CC(=O)C(C)(C)C2)C12C(=O)Nc1ccccc12. The number of ketones is 1. The van der Waals surface area contributed by atoms with Crippen LogP contribution < -0.4 is 11.1 Å². The van der Waals surface area contributed by atoms with Crippen LogP contribution in [0.3, 0.4) is 0 Å². The molecule has 2 heterocycles. The molecule has 0 saturated heterocycles. The highest BCUT2D eigenvalue weighted by atomic mass is 16.5. The minimum Gasteiger partial charge on any atom is -0.465 e. The number of esters is 1. The fourth-order valence-electron chi connectivity index (χ4n) is 4.22. The molecule has 27 heavy (non-hydrogen) atoms. The molecule has 140 valence electrons. The molecule has 1 aliphatic carbocycles. The molecule has 1 aromatic carbocycles. The summed E-state index contributed by atoms with van der Waals surface area (Å²) in [6.45, 7) is 3.65. The van der Waals surface area contributed by atoms with Crippen LogP contribution in [0, 0.1) is 5.41 Å². The third-order valence-corrected chi connectivity index (χ3v) is 5.65. The molecule has 0 radical (unpaired) electrons. The molecule has 7 nitrogen and oxygen atoms in total. The van der Waals surface area contributed by atoms with Gasteiger partial charge >= 0.3 is 5.97 Å². The maximum absolute atomic E-state index is 13.3. The van der Waals surface area contributed by atoms with Crippen LogP contribution >= 0.6 is 0 Å². The van der Waals surface area contributed by atoms with Gasteiger partial charge in [-0.1, -0.05) is 32.0 Å². The van der Waals surface area contributed by atoms with Crippen molar-refractivity contribution < 1.29 is 23.9 Å². The number of carbonyl (C=O) groups excluding carboxylic acids is 3. The molecule has 3 N–H and O–H groups in total. The topological polar surface area (TPSA) is 108 Å². The largest absolute Gasteiger partial charge is 0.465 e. The Labute approximate surface area is 156 Å². The molecule has 1 spiro atoms. The maximum Gasteiger partial charge on any atom is 0.340 e. The Morgan fingerprint density at radius 2 is 1.96 bits per heavy atom. The molecule has 0 fully saturated rings. The predicted octanol–water partition coefficient (Wildman–Crippen LogP) is 1.89. The van der Waals surface area contributed by atoms with Crippen LogP contribution in [0.1, 0.15) is 32.3 Å². The van der Waals surface area contributed by atoms with Crippen LogP contribution in [0.5, 0.6) is 0 Å². The smallest absolute Gasteiger partial charge is 0.340 e. The summed E-state index contributed by atoms with van der Waals surface area (Å²) >= 11 is 0. The van der Waals surface area contributed by atoms with Crippen LogP contribution in [-0.4, -0.2) is 24.8 Å². The molecule has 3 aliphatic rings. The molecular formula is C20H20N2O5. The van der Waals surface area contributed by atoms with E-state index < -0.39 is 22.7 Å². The molecule has 1 amide bonds. The molecule has 7 heteroatoms. The number of fused-ring (bicyclic) bond motifs is 3. The number of benzene rings is 1. The van der Waals surface area contributed by atoms with E-state index in [0.717, 1.165) is 0 Å². The Morgan fingerprint density at radius 3 is 2.67 bits per heavy atom. The average Bonchev–Trinajstić information content (AvgIpc) is 2.89. The number of para-hydroxylation sites is 1. The van der Waals surface area contributed by atoms with Gasteiger partial charge in [0.05, 0.1) is 7.11 Å². The molecule has 1 aromatic rings. The summed E-state index contributed by atoms with van der Waals surface area (Å²) in [6, 6.07) is 7.06. The van der Waals surface area contributed by atoms with E-state index in [1.54, 1.807) is 24.3 Å². The first-order valence-electron chi connectivity index (χ1n) is 8.66. The third-order valence-electron chi connectivity index (χ3n) is 5.65. The Hall–Kier alpha value is -3.09. The van der Waals surface area contributed by atoms with Gasteiger partial charge in [-0.2, -0.15) is 0 Å². The van der Waals surface area contributed by atoms with Crippen molar-refractivity contribution in [2.75, 3.05) is 12.4 Å². The van der Waals surface area contributed by atoms with Crippen LogP contribution in [0.4, 0.5) is 5.69 Å². The lowest BCUT2D eigenvalue weighted by molar-refractivity contribution is -0.139. The molecule has 0 aromatic heterocycles. The maximum atomic E-state index is 13.3. The first-order chi connectivity index (χ1) is 12.7. The minimum absolute atomic E-state index is 0.00212. The van der Waals surface area contributed by atoms with E-state index in [2.05, 4.69) is 5.32 Å². The fourth-order valence-corrected chi connectivity index (χ4v) is 4.22. The monoisotopic (exact) mass is 368 g/mol. The quantitative estimate of drug-likeness (QED) is 0.733. The van der Waals surface area contributed by atoms with Gasteiger partial charge in [-0.05, 0) is 6.07 Å². The summed E-state index contributed by atoms with van der Waals surface area (Å²) in [5.74, 6) is -0.918. The van der Waals surface area contributed by atoms with Gasteiger partial charge in [-0.15, -0.1) is 0 Å². The number of amides is 1. The second-order valence-corrected chi connectivity index (χ2v) is 7.64. The Bertz CT molecular complexity index is 972. The molecule has 4 rings (SSSR count). The second kappa shape index (κ2) is 5.45. The zero-order chi connectivity index (χ0) is 19.6. The molecule has 0 bridgehead atoms. The van der Waals surface area contributed by atoms with Crippen LogP contribution in [0.15, 0.2) is 47.1 Å². The van der Waals surface area contributed by atoms with Crippen LogP contribution in [0.25, 0.3) is 0 Å². The van der Waals surface area contributed by atoms with Crippen molar-refractivity contribution in [1.29, 1.82) is 0 Å². The van der Waals surface area contributed by atoms with Crippen molar-refractivity contribution in [3.8, 4) is 0 Å². The number of anilines is 1. The summed E-state index contributed by atoms with van der Waals surface area (Å²) in [7, 11) is 1.22. The number of rotatable bonds is 1. The number of hydrogen-bond acceptors (Lipinski definition) is 6. The summed E-state index contributed by atoms with van der Waals surface area (Å²) < 4.78 is 10.7. The third kappa shape index (κ3) is 2.11. The fraction of sp³-hybridized carbons (Fsp3) is 0.350. The molecular weight excluding hydrogens is 348 g/mol. The minimum atomic E-state index is -1.52. The average molecular weight is 368 g/mol. The predicted molar refractivity (Wildman–Crippen MR) is 96.1 cm³/mol. The highest BCUT2D eigenvalue weighted by Gasteiger charge is 2.61. The van der Waals surface area contributed by atoms with E-state index >= 15 is 0 Å². The number of hydrogen-bond donors (Lipinski definition) is 2. The van der Waals surface area contributed by atoms with Gasteiger partial charge in [-0.25, -0.2) is 4.79 Å². The Morgan fingerprint density at radius 1 is 1.26 bits per heavy atom. The van der Waals surface area contributed by atoms with Crippen LogP contribution in [0.2, 0.25) is 0 Å². The van der Waals surface area contributed by atoms with Crippen molar-refractivity contribution >= 4 is 23.3 Å². The summed E-state index contributed by atoms with van der Waals surface area (Å²) in [6.07, 6.45) is 0.297. The number of carbonyl (C=O) groups is 3. The van der Waals surface area contributed by atoms with Gasteiger partial charge in [0.1, 0.15) is 22.5 Å². The second-order valence-electron chi connectivity index (χ2n) is 7.64. The van der Waals surface area contributed by atoms with Crippen molar-refractivity contribution in [3.63, 3.8) is 0 Å². The highest BCUT2D eigenvalue weighted by Crippen LogP contribution is 2.56. The van der Waals surface area contributed by atoms with E-state index in [0.29, 0.717) is 29.0 Å². The van der Waals surface area contributed by atoms with Crippen molar-refractivity contribution in [1.82, 2.24) is 0 Å². The Balaban J connectivity index is 2.06. The molecule has 2 aliphatic heterocycles. The summed E-state index contributed by atoms with van der Waals surface area (Å²) in [4.78, 5) is 38.7. The first kappa shape index (κ1) is 17.3. The van der Waals surface area contributed by atoms with E-state index in [4.69, 9.17) is 15.2 Å². The lowest BCUT2D eigenvalue weighted by atomic mass is 9.62. The highest BCUT2D eigenvalue weighted by molar-refractivity contribution is 6.17. The van der Waals surface area contributed by atoms with Crippen molar-refractivity contribution in [3.05, 3.63) is 52.6 Å². The van der Waals surface area contributed by atoms with Crippen molar-refractivity contribution in [2.45, 2.75) is 32.1 Å². The Kier molecular flexibility index (Phi) is 3.50. The lowest BCUT2D eigenvalue weighted by Gasteiger charge is -2.42. The number of allylic oxidation sites excluding steroid dienone is 1. The molecule has 0 saturated carbocycles. The van der Waals surface area contributed by atoms with Gasteiger partial charge in [0.25, 0.3) is 0 Å². The van der Waals surface area contributed by atoms with E-state index in [-0.39, 0.29) is 23.7 Å². The van der Waals surface area contributed by atoms with E-state index in [9.17, 15) is 14.4 Å². The van der Waals surface area contributed by atoms with Crippen LogP contribution in [-0.2, 0) is 29.3 Å². The van der Waals surface area contributed by atoms with E-state index in [1.807, 2.05) is 13.8 Å². The van der Waals surface area contributed by atoms with Gasteiger partial charge in [0.2, 0.25) is 11.8 Å². The number of methoxy groups -OCH3 is 1. The molecule has 1 atom stereocenters. The van der Waals surface area contributed by atoms with Crippen molar-refractivity contribution in [2.24, 2.45) is 11.1 Å². The number of Topliss-reactive ketones (excluding diaryl/α,β-unsaturated/α-hetero) is 1. The number of nitrogens with two attached hydrogens (primary N) is 1. The van der Waals surface area contributed by atoms with Gasteiger partial charge in [0.15, 0.2) is 0 Å². The zero-order valence-corrected chi connectivity index (χ0v) is 15.3. The van der Waals surface area contributed by atoms with Gasteiger partial charge < -0.3 is 20.5 Å². The lowest BCUT2D eigenvalue weighted by Crippen LogP contribution is -2.49. The van der Waals surface area contributed by atoms with Gasteiger partial charge in [-0.3, -0.25) is 9.59 Å². The first-order valence-corrected chi connectivity index (χ1v) is 8.66. The normalized spacial score (nSPS) is 25.7.